The lowest BCUT2D eigenvalue weighted by molar-refractivity contribution is -0.156. The van der Waals surface area contributed by atoms with E-state index in [1.807, 2.05) is 20.8 Å². The van der Waals surface area contributed by atoms with Crippen molar-refractivity contribution in [1.82, 2.24) is 0 Å². The molecule has 1 atom stereocenters. The standard InChI is InChI=1S/C12H22O3/c1-5-6-7-12(10(4)13,11(14)15)8-9(2)3/h9H,5-8H2,1-4H3,(H,14,15). The average Bonchev–Trinajstić information content (AvgIpc) is 2.10. The number of hydrogen-bond donors (Lipinski definition) is 1. The molecule has 15 heavy (non-hydrogen) atoms. The smallest absolute Gasteiger partial charge is 0.317 e. The van der Waals surface area contributed by atoms with Crippen LogP contribution in [0.2, 0.25) is 0 Å². The number of aliphatic carboxylic acids is 1. The van der Waals surface area contributed by atoms with Crippen LogP contribution in [0.3, 0.4) is 0 Å². The summed E-state index contributed by atoms with van der Waals surface area (Å²) in [5, 5.41) is 9.25. The lowest BCUT2D eigenvalue weighted by Crippen LogP contribution is -2.39. The van der Waals surface area contributed by atoms with Crippen LogP contribution >= 0.6 is 0 Å². The summed E-state index contributed by atoms with van der Waals surface area (Å²) in [6.45, 7) is 7.30. The third kappa shape index (κ3) is 3.65. The number of carbonyl (C=O) groups is 2. The van der Waals surface area contributed by atoms with E-state index in [4.69, 9.17) is 0 Å². The van der Waals surface area contributed by atoms with E-state index in [2.05, 4.69) is 0 Å². The van der Waals surface area contributed by atoms with Crippen LogP contribution in [0.5, 0.6) is 0 Å². The zero-order valence-corrected chi connectivity index (χ0v) is 10.2. The Hall–Kier alpha value is -0.860. The SMILES string of the molecule is CCCCC(CC(C)C)(C(C)=O)C(=O)O. The van der Waals surface area contributed by atoms with Gasteiger partial charge in [-0.25, -0.2) is 0 Å². The number of rotatable bonds is 7. The normalized spacial score (nSPS) is 15.0. The predicted octanol–water partition coefficient (Wildman–Crippen LogP) is 2.88. The van der Waals surface area contributed by atoms with Crippen LogP contribution in [-0.4, -0.2) is 16.9 Å². The van der Waals surface area contributed by atoms with Crippen LogP contribution in [0, 0.1) is 11.3 Å². The number of unbranched alkanes of at least 4 members (excludes halogenated alkanes) is 1. The number of Topliss-reactive ketones (excluding diaryl/α,β-unsaturated/α-hetero) is 1. The van der Waals surface area contributed by atoms with Crippen molar-refractivity contribution in [2.24, 2.45) is 11.3 Å². The first kappa shape index (κ1) is 14.1. The van der Waals surface area contributed by atoms with E-state index in [9.17, 15) is 14.7 Å². The van der Waals surface area contributed by atoms with Gasteiger partial charge in [0.05, 0.1) is 0 Å². The molecule has 0 fully saturated rings. The molecule has 0 saturated heterocycles. The van der Waals surface area contributed by atoms with Gasteiger partial charge in [0.25, 0.3) is 0 Å². The quantitative estimate of drug-likeness (QED) is 0.663. The molecule has 0 heterocycles. The summed E-state index contributed by atoms with van der Waals surface area (Å²) >= 11 is 0. The van der Waals surface area contributed by atoms with Gasteiger partial charge in [0.15, 0.2) is 0 Å². The van der Waals surface area contributed by atoms with E-state index >= 15 is 0 Å². The van der Waals surface area contributed by atoms with E-state index < -0.39 is 11.4 Å². The van der Waals surface area contributed by atoms with Crippen LogP contribution in [-0.2, 0) is 9.59 Å². The number of carboxylic acids is 1. The first-order chi connectivity index (χ1) is 6.86. The van der Waals surface area contributed by atoms with Crippen LogP contribution in [0.15, 0.2) is 0 Å². The molecule has 0 amide bonds. The van der Waals surface area contributed by atoms with Gasteiger partial charge in [0, 0.05) is 0 Å². The van der Waals surface area contributed by atoms with Gasteiger partial charge in [0.2, 0.25) is 0 Å². The van der Waals surface area contributed by atoms with Crippen LogP contribution in [0.1, 0.15) is 53.4 Å². The molecule has 0 bridgehead atoms. The first-order valence-corrected chi connectivity index (χ1v) is 5.61. The van der Waals surface area contributed by atoms with Crippen molar-refractivity contribution in [2.45, 2.75) is 53.4 Å². The molecule has 88 valence electrons. The minimum absolute atomic E-state index is 0.211. The highest BCUT2D eigenvalue weighted by atomic mass is 16.4. The van der Waals surface area contributed by atoms with E-state index in [0.29, 0.717) is 12.8 Å². The highest BCUT2D eigenvalue weighted by Crippen LogP contribution is 2.33. The molecular formula is C12H22O3. The Morgan fingerprint density at radius 2 is 1.87 bits per heavy atom. The molecule has 3 nitrogen and oxygen atoms in total. The molecule has 0 aliphatic rings. The fraction of sp³-hybridized carbons (Fsp3) is 0.833. The Morgan fingerprint density at radius 3 is 2.13 bits per heavy atom. The van der Waals surface area contributed by atoms with E-state index in [1.54, 1.807) is 0 Å². The Balaban J connectivity index is 4.90. The largest absolute Gasteiger partial charge is 0.480 e. The maximum absolute atomic E-state index is 11.6. The Kier molecular flexibility index (Phi) is 5.55. The minimum Gasteiger partial charge on any atom is -0.480 e. The second-order valence-electron chi connectivity index (χ2n) is 4.64. The fourth-order valence-corrected chi connectivity index (χ4v) is 1.94. The van der Waals surface area contributed by atoms with Crippen LogP contribution in [0.4, 0.5) is 0 Å². The van der Waals surface area contributed by atoms with Gasteiger partial charge in [-0.15, -0.1) is 0 Å². The summed E-state index contributed by atoms with van der Waals surface area (Å²) < 4.78 is 0. The van der Waals surface area contributed by atoms with Crippen LogP contribution in [0.25, 0.3) is 0 Å². The van der Waals surface area contributed by atoms with Gasteiger partial charge in [-0.1, -0.05) is 33.6 Å². The van der Waals surface area contributed by atoms with Gasteiger partial charge in [-0.2, -0.15) is 0 Å². The van der Waals surface area contributed by atoms with Crippen molar-refractivity contribution in [1.29, 1.82) is 0 Å². The highest BCUT2D eigenvalue weighted by Gasteiger charge is 2.42. The maximum atomic E-state index is 11.6. The zero-order chi connectivity index (χ0) is 12.1. The second kappa shape index (κ2) is 5.89. The van der Waals surface area contributed by atoms with E-state index in [1.165, 1.54) is 6.92 Å². The van der Waals surface area contributed by atoms with Crippen molar-refractivity contribution in [3.05, 3.63) is 0 Å². The molecule has 0 spiro atoms. The van der Waals surface area contributed by atoms with Gasteiger partial charge in [-0.3, -0.25) is 9.59 Å². The van der Waals surface area contributed by atoms with Crippen molar-refractivity contribution >= 4 is 11.8 Å². The zero-order valence-electron chi connectivity index (χ0n) is 10.2. The fourth-order valence-electron chi connectivity index (χ4n) is 1.94. The predicted molar refractivity (Wildman–Crippen MR) is 59.7 cm³/mol. The lowest BCUT2D eigenvalue weighted by atomic mass is 9.73. The molecule has 0 rings (SSSR count). The molecule has 0 aliphatic heterocycles. The molecule has 0 saturated carbocycles. The Labute approximate surface area is 91.9 Å². The lowest BCUT2D eigenvalue weighted by Gasteiger charge is -2.28. The Morgan fingerprint density at radius 1 is 1.33 bits per heavy atom. The summed E-state index contributed by atoms with van der Waals surface area (Å²) in [5.41, 5.74) is -1.15. The summed E-state index contributed by atoms with van der Waals surface area (Å²) in [5.74, 6) is -0.948. The van der Waals surface area contributed by atoms with E-state index in [0.717, 1.165) is 12.8 Å². The molecular weight excluding hydrogens is 192 g/mol. The average molecular weight is 214 g/mol. The Bertz CT molecular complexity index is 217. The van der Waals surface area contributed by atoms with Gasteiger partial charge in [0.1, 0.15) is 11.2 Å². The molecule has 0 aliphatic carbocycles. The van der Waals surface area contributed by atoms with Gasteiger partial charge in [-0.05, 0) is 25.7 Å². The van der Waals surface area contributed by atoms with Gasteiger partial charge < -0.3 is 5.11 Å². The monoisotopic (exact) mass is 214 g/mol. The number of ketones is 1. The number of hydrogen-bond acceptors (Lipinski definition) is 2. The molecule has 0 radical (unpaired) electrons. The van der Waals surface area contributed by atoms with Gasteiger partial charge >= 0.3 is 5.97 Å². The number of carboxylic acid groups (broad SMARTS) is 1. The molecule has 0 aromatic heterocycles. The van der Waals surface area contributed by atoms with Crippen molar-refractivity contribution in [3.63, 3.8) is 0 Å². The van der Waals surface area contributed by atoms with Crippen molar-refractivity contribution < 1.29 is 14.7 Å². The third-order valence-corrected chi connectivity index (χ3v) is 2.80. The molecule has 0 aromatic carbocycles. The summed E-state index contributed by atoms with van der Waals surface area (Å²) in [4.78, 5) is 22.9. The van der Waals surface area contributed by atoms with Crippen molar-refractivity contribution in [2.75, 3.05) is 0 Å². The summed E-state index contributed by atoms with van der Waals surface area (Å²) in [7, 11) is 0. The topological polar surface area (TPSA) is 54.4 Å². The molecule has 1 unspecified atom stereocenters. The first-order valence-electron chi connectivity index (χ1n) is 5.61. The highest BCUT2D eigenvalue weighted by molar-refractivity contribution is 6.01. The molecule has 3 heteroatoms. The minimum atomic E-state index is -1.15. The summed E-state index contributed by atoms with van der Waals surface area (Å²) in [6.07, 6.45) is 2.61. The maximum Gasteiger partial charge on any atom is 0.317 e. The van der Waals surface area contributed by atoms with Crippen molar-refractivity contribution in [3.8, 4) is 0 Å². The second-order valence-corrected chi connectivity index (χ2v) is 4.64. The van der Waals surface area contributed by atoms with Crippen LogP contribution < -0.4 is 0 Å². The summed E-state index contributed by atoms with van der Waals surface area (Å²) in [6, 6.07) is 0. The molecule has 0 aromatic rings. The third-order valence-electron chi connectivity index (χ3n) is 2.80. The number of carbonyl (C=O) groups excluding carboxylic acids is 1. The van der Waals surface area contributed by atoms with E-state index in [-0.39, 0.29) is 11.7 Å². The molecule has 1 N–H and O–H groups in total.